The molecule has 4 rings (SSSR count). The number of hydrogen-bond donors (Lipinski definition) is 1. The Bertz CT molecular complexity index is 827. The minimum atomic E-state index is -0.467. The average molecular weight is 303 g/mol. The Kier molecular flexibility index (Phi) is 3.76. The molecule has 23 heavy (non-hydrogen) atoms. The maximum atomic E-state index is 10.7. The van der Waals surface area contributed by atoms with E-state index in [-0.39, 0.29) is 0 Å². The number of nitrogens with zero attached hydrogens (tertiary/aromatic N) is 1. The van der Waals surface area contributed by atoms with E-state index in [1.54, 1.807) is 0 Å². The molecule has 0 saturated heterocycles. The molecule has 1 N–H and O–H groups in total. The number of aryl methyl sites for hydroxylation is 1. The van der Waals surface area contributed by atoms with E-state index in [4.69, 9.17) is 0 Å². The first-order valence-electron chi connectivity index (χ1n) is 8.31. The highest BCUT2D eigenvalue weighted by Gasteiger charge is 2.19. The molecule has 0 bridgehead atoms. The highest BCUT2D eigenvalue weighted by atomic mass is 16.3. The average Bonchev–Trinajstić information content (AvgIpc) is 2.61. The van der Waals surface area contributed by atoms with Crippen molar-refractivity contribution in [2.45, 2.75) is 18.9 Å². The van der Waals surface area contributed by atoms with E-state index in [1.165, 1.54) is 22.0 Å². The number of para-hydroxylation sites is 1. The maximum absolute atomic E-state index is 10.7. The van der Waals surface area contributed by atoms with Gasteiger partial charge in [0.15, 0.2) is 0 Å². The summed E-state index contributed by atoms with van der Waals surface area (Å²) in [5.41, 5.74) is 3.66. The third-order valence-electron chi connectivity index (χ3n) is 4.76. The first kappa shape index (κ1) is 14.3. The smallest absolute Gasteiger partial charge is 0.0965 e. The summed E-state index contributed by atoms with van der Waals surface area (Å²) in [4.78, 5) is 2.32. The number of β-amino-alcohol motifs (C(OH)–C–C–N with tert-alkyl or cyclic N) is 1. The van der Waals surface area contributed by atoms with E-state index in [1.807, 2.05) is 18.2 Å². The van der Waals surface area contributed by atoms with Crippen LogP contribution in [-0.4, -0.2) is 18.2 Å². The molecule has 1 unspecified atom stereocenters. The quantitative estimate of drug-likeness (QED) is 0.778. The van der Waals surface area contributed by atoms with Gasteiger partial charge in [-0.25, -0.2) is 0 Å². The van der Waals surface area contributed by atoms with Crippen LogP contribution in [0.15, 0.2) is 66.7 Å². The Morgan fingerprint density at radius 1 is 0.913 bits per heavy atom. The van der Waals surface area contributed by atoms with Gasteiger partial charge in [-0.1, -0.05) is 54.6 Å². The lowest BCUT2D eigenvalue weighted by Gasteiger charge is -2.33. The molecule has 0 spiro atoms. The van der Waals surface area contributed by atoms with Crippen molar-refractivity contribution in [3.05, 3.63) is 77.9 Å². The Morgan fingerprint density at radius 3 is 2.61 bits per heavy atom. The number of aliphatic hydroxyl groups is 1. The molecule has 3 aromatic carbocycles. The number of fused-ring (bicyclic) bond motifs is 2. The van der Waals surface area contributed by atoms with Crippen LogP contribution < -0.4 is 4.90 Å². The van der Waals surface area contributed by atoms with Gasteiger partial charge in [-0.3, -0.25) is 0 Å². The lowest BCUT2D eigenvalue weighted by Crippen LogP contribution is -2.33. The van der Waals surface area contributed by atoms with E-state index in [9.17, 15) is 5.11 Å². The maximum Gasteiger partial charge on any atom is 0.0965 e. The Hall–Kier alpha value is -2.32. The van der Waals surface area contributed by atoms with Crippen LogP contribution in [-0.2, 0) is 6.42 Å². The molecule has 0 amide bonds. The van der Waals surface area contributed by atoms with Gasteiger partial charge in [-0.2, -0.15) is 0 Å². The van der Waals surface area contributed by atoms with Crippen LogP contribution in [0.3, 0.4) is 0 Å². The zero-order chi connectivity index (χ0) is 15.6. The van der Waals surface area contributed by atoms with Crippen LogP contribution in [0.25, 0.3) is 10.8 Å². The topological polar surface area (TPSA) is 23.5 Å². The highest BCUT2D eigenvalue weighted by Crippen LogP contribution is 2.29. The monoisotopic (exact) mass is 303 g/mol. The van der Waals surface area contributed by atoms with Crippen molar-refractivity contribution in [1.82, 2.24) is 0 Å². The predicted molar refractivity (Wildman–Crippen MR) is 95.9 cm³/mol. The van der Waals surface area contributed by atoms with Crippen LogP contribution in [0.1, 0.15) is 23.7 Å². The first-order chi connectivity index (χ1) is 11.3. The van der Waals surface area contributed by atoms with Gasteiger partial charge < -0.3 is 10.0 Å². The molecular weight excluding hydrogens is 282 g/mol. The number of hydrogen-bond acceptors (Lipinski definition) is 2. The number of rotatable bonds is 3. The molecule has 2 heteroatoms. The van der Waals surface area contributed by atoms with Crippen molar-refractivity contribution in [3.8, 4) is 0 Å². The van der Waals surface area contributed by atoms with Crippen LogP contribution in [0.5, 0.6) is 0 Å². The second-order valence-corrected chi connectivity index (χ2v) is 6.30. The van der Waals surface area contributed by atoms with Crippen LogP contribution >= 0.6 is 0 Å². The summed E-state index contributed by atoms with van der Waals surface area (Å²) < 4.78 is 0. The number of anilines is 1. The zero-order valence-electron chi connectivity index (χ0n) is 13.2. The number of aliphatic hydroxyl groups excluding tert-OH is 1. The second kappa shape index (κ2) is 6.05. The van der Waals surface area contributed by atoms with Gasteiger partial charge >= 0.3 is 0 Å². The van der Waals surface area contributed by atoms with Crippen molar-refractivity contribution < 1.29 is 5.11 Å². The summed E-state index contributed by atoms with van der Waals surface area (Å²) in [5.74, 6) is 0. The van der Waals surface area contributed by atoms with Gasteiger partial charge in [0.2, 0.25) is 0 Å². The molecule has 0 aliphatic carbocycles. The molecule has 0 aromatic heterocycles. The van der Waals surface area contributed by atoms with E-state index in [2.05, 4.69) is 53.4 Å². The minimum absolute atomic E-state index is 0.467. The van der Waals surface area contributed by atoms with Crippen LogP contribution in [0.2, 0.25) is 0 Å². The molecule has 1 atom stereocenters. The molecule has 1 aliphatic heterocycles. The SMILES string of the molecule is OC(CN1CCCc2ccccc21)c1ccc2ccccc2c1. The number of benzene rings is 3. The third-order valence-corrected chi connectivity index (χ3v) is 4.76. The van der Waals surface area contributed by atoms with Gasteiger partial charge in [0, 0.05) is 18.8 Å². The summed E-state index contributed by atoms with van der Waals surface area (Å²) in [6.07, 6.45) is 1.82. The fraction of sp³-hybridized carbons (Fsp3) is 0.238. The highest BCUT2D eigenvalue weighted by molar-refractivity contribution is 5.83. The van der Waals surface area contributed by atoms with Crippen molar-refractivity contribution in [2.24, 2.45) is 0 Å². The zero-order valence-corrected chi connectivity index (χ0v) is 13.2. The summed E-state index contributed by atoms with van der Waals surface area (Å²) in [5, 5.41) is 13.1. The van der Waals surface area contributed by atoms with Gasteiger partial charge in [-0.05, 0) is 46.9 Å². The molecule has 1 aliphatic rings. The summed E-state index contributed by atoms with van der Waals surface area (Å²) in [6, 6.07) is 23.1. The lowest BCUT2D eigenvalue weighted by atomic mass is 9.99. The summed E-state index contributed by atoms with van der Waals surface area (Å²) in [7, 11) is 0. The molecule has 0 fully saturated rings. The first-order valence-corrected chi connectivity index (χ1v) is 8.31. The van der Waals surface area contributed by atoms with Crippen LogP contribution in [0, 0.1) is 0 Å². The van der Waals surface area contributed by atoms with E-state index < -0.39 is 6.10 Å². The van der Waals surface area contributed by atoms with Crippen molar-refractivity contribution in [3.63, 3.8) is 0 Å². The Morgan fingerprint density at radius 2 is 1.70 bits per heavy atom. The molecule has 2 nitrogen and oxygen atoms in total. The molecule has 0 radical (unpaired) electrons. The fourth-order valence-corrected chi connectivity index (χ4v) is 3.53. The third kappa shape index (κ3) is 2.82. The Balaban J connectivity index is 1.59. The molecule has 3 aromatic rings. The molecule has 1 heterocycles. The van der Waals surface area contributed by atoms with Gasteiger partial charge in [0.1, 0.15) is 0 Å². The summed E-state index contributed by atoms with van der Waals surface area (Å²) in [6.45, 7) is 1.66. The Labute approximate surface area is 137 Å². The molecule has 116 valence electrons. The standard InChI is InChI=1S/C21H21NO/c23-21(19-12-11-16-6-1-2-8-18(16)14-19)15-22-13-5-9-17-7-3-4-10-20(17)22/h1-4,6-8,10-12,14,21,23H,5,9,13,15H2. The fourth-order valence-electron chi connectivity index (χ4n) is 3.53. The normalized spacial score (nSPS) is 15.4. The minimum Gasteiger partial charge on any atom is -0.387 e. The second-order valence-electron chi connectivity index (χ2n) is 6.30. The van der Waals surface area contributed by atoms with E-state index in [0.717, 1.165) is 24.9 Å². The van der Waals surface area contributed by atoms with Crippen molar-refractivity contribution in [2.75, 3.05) is 18.0 Å². The largest absolute Gasteiger partial charge is 0.387 e. The lowest BCUT2D eigenvalue weighted by molar-refractivity contribution is 0.183. The van der Waals surface area contributed by atoms with Crippen molar-refractivity contribution >= 4 is 16.5 Å². The van der Waals surface area contributed by atoms with Gasteiger partial charge in [-0.15, -0.1) is 0 Å². The summed E-state index contributed by atoms with van der Waals surface area (Å²) >= 11 is 0. The molecular formula is C21H21NO. The van der Waals surface area contributed by atoms with Gasteiger partial charge in [0.05, 0.1) is 6.10 Å². The van der Waals surface area contributed by atoms with E-state index >= 15 is 0 Å². The van der Waals surface area contributed by atoms with Crippen LogP contribution in [0.4, 0.5) is 5.69 Å². The molecule has 0 saturated carbocycles. The predicted octanol–water partition coefficient (Wildman–Crippen LogP) is 4.33. The van der Waals surface area contributed by atoms with E-state index in [0.29, 0.717) is 6.54 Å². The van der Waals surface area contributed by atoms with Crippen molar-refractivity contribution in [1.29, 1.82) is 0 Å². The van der Waals surface area contributed by atoms with Gasteiger partial charge in [0.25, 0.3) is 0 Å².